The lowest BCUT2D eigenvalue weighted by molar-refractivity contribution is 0.626. The van der Waals surface area contributed by atoms with Crippen LogP contribution in [0.1, 0.15) is 30.3 Å². The Balaban J connectivity index is 1.92. The fraction of sp³-hybridized carbons (Fsp3) is 0.190. The Morgan fingerprint density at radius 2 is 1.92 bits per heavy atom. The summed E-state index contributed by atoms with van der Waals surface area (Å²) >= 11 is 0. The van der Waals surface area contributed by atoms with E-state index in [1.165, 1.54) is 11.5 Å². The average Bonchev–Trinajstić information content (AvgIpc) is 2.93. The highest BCUT2D eigenvalue weighted by atomic mass is 19.1. The van der Waals surface area contributed by atoms with E-state index in [1.807, 2.05) is 18.2 Å². The SMILES string of the molecule is CCCc1nc2c3ccccc3ccn2c1Cc1cccc(F)c1. The lowest BCUT2D eigenvalue weighted by atomic mass is 10.1. The van der Waals surface area contributed by atoms with Crippen molar-refractivity contribution in [3.8, 4) is 0 Å². The van der Waals surface area contributed by atoms with E-state index >= 15 is 0 Å². The van der Waals surface area contributed by atoms with Crippen molar-refractivity contribution in [3.63, 3.8) is 0 Å². The van der Waals surface area contributed by atoms with Crippen LogP contribution in [0.2, 0.25) is 0 Å². The standard InChI is InChI=1S/C21H19FN2/c1-2-6-19-20(14-15-7-5-9-17(22)13-15)24-12-11-16-8-3-4-10-18(16)21(24)23-19/h3-5,7-13H,2,6,14H2,1H3. The molecule has 0 unspecified atom stereocenters. The molecule has 0 atom stereocenters. The number of imidazole rings is 1. The van der Waals surface area contributed by atoms with Crippen LogP contribution in [0.4, 0.5) is 4.39 Å². The molecule has 0 N–H and O–H groups in total. The molecule has 0 radical (unpaired) electrons. The first-order chi connectivity index (χ1) is 11.8. The lowest BCUT2D eigenvalue weighted by Crippen LogP contribution is -1.99. The Bertz CT molecular complexity index is 1020. The molecular formula is C21H19FN2. The highest BCUT2D eigenvalue weighted by Crippen LogP contribution is 2.25. The smallest absolute Gasteiger partial charge is 0.145 e. The normalized spacial score (nSPS) is 11.4. The molecule has 2 nitrogen and oxygen atoms in total. The number of nitrogens with zero attached hydrogens (tertiary/aromatic N) is 2. The fourth-order valence-electron chi connectivity index (χ4n) is 3.33. The molecule has 0 amide bonds. The Hall–Kier alpha value is -2.68. The first-order valence-corrected chi connectivity index (χ1v) is 8.38. The number of aryl methyl sites for hydroxylation is 1. The van der Waals surface area contributed by atoms with Gasteiger partial charge in [-0.25, -0.2) is 9.37 Å². The summed E-state index contributed by atoms with van der Waals surface area (Å²) in [7, 11) is 0. The van der Waals surface area contributed by atoms with Crippen LogP contribution >= 0.6 is 0 Å². The summed E-state index contributed by atoms with van der Waals surface area (Å²) in [5, 5.41) is 2.35. The first-order valence-electron chi connectivity index (χ1n) is 8.38. The molecule has 24 heavy (non-hydrogen) atoms. The molecular weight excluding hydrogens is 299 g/mol. The second-order valence-electron chi connectivity index (χ2n) is 6.16. The molecule has 0 spiro atoms. The molecule has 0 aliphatic carbocycles. The minimum Gasteiger partial charge on any atom is -0.303 e. The maximum atomic E-state index is 13.5. The third-order valence-corrected chi connectivity index (χ3v) is 4.45. The summed E-state index contributed by atoms with van der Waals surface area (Å²) < 4.78 is 15.7. The van der Waals surface area contributed by atoms with E-state index in [9.17, 15) is 4.39 Å². The van der Waals surface area contributed by atoms with E-state index in [4.69, 9.17) is 4.98 Å². The number of hydrogen-bond acceptors (Lipinski definition) is 1. The van der Waals surface area contributed by atoms with Crippen molar-refractivity contribution in [3.05, 3.63) is 83.6 Å². The van der Waals surface area contributed by atoms with Crippen molar-refractivity contribution in [1.29, 1.82) is 0 Å². The Labute approximate surface area is 140 Å². The van der Waals surface area contributed by atoms with Crippen molar-refractivity contribution >= 4 is 16.4 Å². The van der Waals surface area contributed by atoms with Crippen LogP contribution in [0.25, 0.3) is 16.4 Å². The molecule has 3 heteroatoms. The van der Waals surface area contributed by atoms with Crippen molar-refractivity contribution in [2.75, 3.05) is 0 Å². The van der Waals surface area contributed by atoms with Gasteiger partial charge in [-0.3, -0.25) is 0 Å². The van der Waals surface area contributed by atoms with Crippen LogP contribution in [0.3, 0.4) is 0 Å². The molecule has 4 aromatic rings. The van der Waals surface area contributed by atoms with Crippen molar-refractivity contribution in [2.24, 2.45) is 0 Å². The fourth-order valence-corrected chi connectivity index (χ4v) is 3.33. The maximum absolute atomic E-state index is 13.5. The van der Waals surface area contributed by atoms with Crippen LogP contribution in [0, 0.1) is 5.82 Å². The summed E-state index contributed by atoms with van der Waals surface area (Å²) in [5.74, 6) is -0.191. The van der Waals surface area contributed by atoms with Crippen LogP contribution in [0.15, 0.2) is 60.8 Å². The second-order valence-corrected chi connectivity index (χ2v) is 6.16. The zero-order chi connectivity index (χ0) is 16.5. The number of halogens is 1. The van der Waals surface area contributed by atoms with Crippen molar-refractivity contribution < 1.29 is 4.39 Å². The first kappa shape index (κ1) is 14.9. The number of pyridine rings is 1. The van der Waals surface area contributed by atoms with Crippen molar-refractivity contribution in [2.45, 2.75) is 26.2 Å². The molecule has 0 aliphatic rings. The quantitative estimate of drug-likeness (QED) is 0.507. The molecule has 4 rings (SSSR count). The largest absolute Gasteiger partial charge is 0.303 e. The van der Waals surface area contributed by atoms with Gasteiger partial charge >= 0.3 is 0 Å². The highest BCUT2D eigenvalue weighted by Gasteiger charge is 2.14. The number of hydrogen-bond donors (Lipinski definition) is 0. The van der Waals surface area contributed by atoms with Gasteiger partial charge in [0.1, 0.15) is 11.5 Å². The molecule has 0 bridgehead atoms. The summed E-state index contributed by atoms with van der Waals surface area (Å²) in [6.45, 7) is 2.16. The third-order valence-electron chi connectivity index (χ3n) is 4.45. The van der Waals surface area contributed by atoms with E-state index in [2.05, 4.69) is 35.7 Å². The van der Waals surface area contributed by atoms with Gasteiger partial charge in [-0.05, 0) is 35.6 Å². The Kier molecular flexibility index (Phi) is 3.77. The molecule has 0 fully saturated rings. The van der Waals surface area contributed by atoms with E-state index in [-0.39, 0.29) is 5.82 Å². The minimum absolute atomic E-state index is 0.191. The zero-order valence-corrected chi connectivity index (χ0v) is 13.7. The Morgan fingerprint density at radius 3 is 2.75 bits per heavy atom. The van der Waals surface area contributed by atoms with E-state index in [0.717, 1.165) is 40.8 Å². The van der Waals surface area contributed by atoms with Crippen LogP contribution in [-0.4, -0.2) is 9.38 Å². The minimum atomic E-state index is -0.191. The lowest BCUT2D eigenvalue weighted by Gasteiger charge is -2.06. The van der Waals surface area contributed by atoms with Gasteiger partial charge in [0.15, 0.2) is 0 Å². The van der Waals surface area contributed by atoms with E-state index in [1.54, 1.807) is 12.1 Å². The number of aromatic nitrogens is 2. The topological polar surface area (TPSA) is 17.3 Å². The third kappa shape index (κ3) is 2.56. The van der Waals surface area contributed by atoms with Gasteiger partial charge in [0.25, 0.3) is 0 Å². The van der Waals surface area contributed by atoms with E-state index < -0.39 is 0 Å². The number of benzene rings is 2. The molecule has 0 aliphatic heterocycles. The Morgan fingerprint density at radius 1 is 1.04 bits per heavy atom. The van der Waals surface area contributed by atoms with Gasteiger partial charge in [0, 0.05) is 18.0 Å². The monoisotopic (exact) mass is 318 g/mol. The predicted molar refractivity (Wildman–Crippen MR) is 95.9 cm³/mol. The van der Waals surface area contributed by atoms with Gasteiger partial charge in [-0.15, -0.1) is 0 Å². The van der Waals surface area contributed by atoms with Gasteiger partial charge in [0.05, 0.1) is 11.4 Å². The number of fused-ring (bicyclic) bond motifs is 3. The molecule has 2 aromatic carbocycles. The molecule has 120 valence electrons. The van der Waals surface area contributed by atoms with Crippen LogP contribution in [-0.2, 0) is 12.8 Å². The van der Waals surface area contributed by atoms with Crippen LogP contribution < -0.4 is 0 Å². The highest BCUT2D eigenvalue weighted by molar-refractivity contribution is 5.94. The molecule has 2 heterocycles. The summed E-state index contributed by atoms with van der Waals surface area (Å²) in [4.78, 5) is 4.92. The average molecular weight is 318 g/mol. The summed E-state index contributed by atoms with van der Waals surface area (Å²) in [6, 6.07) is 17.3. The number of rotatable bonds is 4. The molecule has 0 saturated carbocycles. The molecule has 0 saturated heterocycles. The van der Waals surface area contributed by atoms with Gasteiger partial charge in [-0.2, -0.15) is 0 Å². The predicted octanol–water partition coefficient (Wildman–Crippen LogP) is 5.17. The van der Waals surface area contributed by atoms with Crippen LogP contribution in [0.5, 0.6) is 0 Å². The maximum Gasteiger partial charge on any atom is 0.145 e. The summed E-state index contributed by atoms with van der Waals surface area (Å²) in [6.07, 6.45) is 4.74. The van der Waals surface area contributed by atoms with Gasteiger partial charge < -0.3 is 4.40 Å². The van der Waals surface area contributed by atoms with Gasteiger partial charge in [0.2, 0.25) is 0 Å². The molecule has 2 aromatic heterocycles. The summed E-state index contributed by atoms with van der Waals surface area (Å²) in [5.41, 5.74) is 4.23. The zero-order valence-electron chi connectivity index (χ0n) is 13.7. The van der Waals surface area contributed by atoms with Crippen molar-refractivity contribution in [1.82, 2.24) is 9.38 Å². The second kappa shape index (κ2) is 6.08. The van der Waals surface area contributed by atoms with E-state index in [0.29, 0.717) is 6.42 Å². The van der Waals surface area contributed by atoms with Gasteiger partial charge in [-0.1, -0.05) is 49.7 Å².